The summed E-state index contributed by atoms with van der Waals surface area (Å²) in [6.07, 6.45) is 4.70. The van der Waals surface area contributed by atoms with Gasteiger partial charge in [-0.05, 0) is 54.6 Å². The van der Waals surface area contributed by atoms with E-state index in [1.165, 1.54) is 24.9 Å². The van der Waals surface area contributed by atoms with Crippen molar-refractivity contribution in [1.29, 1.82) is 0 Å². The fraction of sp³-hybridized carbons (Fsp3) is 0.750. The Morgan fingerprint density at radius 3 is 2.43 bits per heavy atom. The maximum Gasteiger partial charge on any atom is 0.0689 e. The summed E-state index contributed by atoms with van der Waals surface area (Å²) in [5.74, 6) is 0.813. The fourth-order valence-corrected chi connectivity index (χ4v) is 5.95. The predicted molar refractivity (Wildman–Crippen MR) is 115 cm³/mol. The molecule has 4 nitrogen and oxygen atoms in total. The summed E-state index contributed by atoms with van der Waals surface area (Å²) in [5.41, 5.74) is 2.02. The molecule has 1 saturated heterocycles. The zero-order valence-corrected chi connectivity index (χ0v) is 17.9. The third kappa shape index (κ3) is 3.71. The second-order valence-corrected chi connectivity index (χ2v) is 10.0. The van der Waals surface area contributed by atoms with Crippen LogP contribution in [0.1, 0.15) is 46.5 Å². The molecular weight excluding hydrogens is 348 g/mol. The normalized spacial score (nSPS) is 33.4. The van der Waals surface area contributed by atoms with Crippen molar-refractivity contribution in [1.82, 2.24) is 4.90 Å². The number of aliphatic hydroxyl groups is 1. The lowest BCUT2D eigenvalue weighted by Crippen LogP contribution is -2.48. The largest absolute Gasteiger partial charge is 0.392 e. The topological polar surface area (TPSA) is 35.9 Å². The van der Waals surface area contributed by atoms with Gasteiger partial charge in [-0.25, -0.2) is 0 Å². The highest BCUT2D eigenvalue weighted by Gasteiger charge is 2.61. The van der Waals surface area contributed by atoms with E-state index in [9.17, 15) is 5.11 Å². The van der Waals surface area contributed by atoms with Gasteiger partial charge in [0.05, 0.1) is 12.2 Å². The van der Waals surface area contributed by atoms with Crippen LogP contribution >= 0.6 is 0 Å². The van der Waals surface area contributed by atoms with E-state index in [1.807, 2.05) is 0 Å². The van der Waals surface area contributed by atoms with E-state index < -0.39 is 0 Å². The minimum absolute atomic E-state index is 0.289. The maximum atomic E-state index is 10.5. The van der Waals surface area contributed by atoms with Crippen LogP contribution in [-0.2, 0) is 4.74 Å². The van der Waals surface area contributed by atoms with E-state index in [-0.39, 0.29) is 6.10 Å². The van der Waals surface area contributed by atoms with Gasteiger partial charge < -0.3 is 14.7 Å². The summed E-state index contributed by atoms with van der Waals surface area (Å²) in [7, 11) is 0. The number of anilines is 1. The number of hydrogen-bond donors (Lipinski definition) is 1. The van der Waals surface area contributed by atoms with Crippen LogP contribution in [0, 0.1) is 16.7 Å². The Balaban J connectivity index is 1.17. The van der Waals surface area contributed by atoms with E-state index in [2.05, 4.69) is 60.9 Å². The molecule has 28 heavy (non-hydrogen) atoms. The minimum Gasteiger partial charge on any atom is -0.392 e. The number of aliphatic hydroxyl groups excluding tert-OH is 1. The second kappa shape index (κ2) is 7.97. The third-order valence-electron chi connectivity index (χ3n) is 8.45. The smallest absolute Gasteiger partial charge is 0.0689 e. The third-order valence-corrected chi connectivity index (χ3v) is 8.45. The molecule has 2 saturated carbocycles. The van der Waals surface area contributed by atoms with Gasteiger partial charge in [-0.2, -0.15) is 0 Å². The molecular formula is C24H38N2O2. The van der Waals surface area contributed by atoms with E-state index in [4.69, 9.17) is 4.74 Å². The Kier molecular flexibility index (Phi) is 5.74. The van der Waals surface area contributed by atoms with Gasteiger partial charge in [0.2, 0.25) is 0 Å². The maximum absolute atomic E-state index is 10.5. The molecule has 0 aromatic heterocycles. The van der Waals surface area contributed by atoms with Crippen molar-refractivity contribution in [2.75, 3.05) is 44.2 Å². The molecule has 4 rings (SSSR count). The molecule has 4 atom stereocenters. The van der Waals surface area contributed by atoms with Crippen LogP contribution in [0.4, 0.5) is 5.69 Å². The number of para-hydroxylation sites is 1. The molecule has 156 valence electrons. The fourth-order valence-electron chi connectivity index (χ4n) is 5.95. The molecule has 0 spiro atoms. The number of β-amino-alcohol motifs (C(OH)–C–C–N with tert-alkyl or cyclic N) is 1. The summed E-state index contributed by atoms with van der Waals surface area (Å²) >= 11 is 0. The van der Waals surface area contributed by atoms with Gasteiger partial charge in [-0.15, -0.1) is 0 Å². The van der Waals surface area contributed by atoms with Crippen LogP contribution in [0.5, 0.6) is 0 Å². The first kappa shape index (κ1) is 20.2. The molecule has 0 amide bonds. The zero-order valence-electron chi connectivity index (χ0n) is 17.9. The highest BCUT2D eigenvalue weighted by Crippen LogP contribution is 2.66. The lowest BCUT2D eigenvalue weighted by Gasteiger charge is -2.39. The molecule has 4 heteroatoms. The Morgan fingerprint density at radius 1 is 1.11 bits per heavy atom. The van der Waals surface area contributed by atoms with Gasteiger partial charge in [-0.3, -0.25) is 4.90 Å². The van der Waals surface area contributed by atoms with Gasteiger partial charge in [0.15, 0.2) is 0 Å². The van der Waals surface area contributed by atoms with Crippen molar-refractivity contribution < 1.29 is 9.84 Å². The summed E-state index contributed by atoms with van der Waals surface area (Å²) in [5, 5.41) is 10.5. The van der Waals surface area contributed by atoms with Crippen molar-refractivity contribution >= 4 is 5.69 Å². The van der Waals surface area contributed by atoms with Crippen molar-refractivity contribution in [2.24, 2.45) is 16.7 Å². The molecule has 3 aliphatic rings. The van der Waals surface area contributed by atoms with Crippen LogP contribution in [-0.4, -0.2) is 61.5 Å². The first-order chi connectivity index (χ1) is 13.4. The number of ether oxygens (including phenoxy) is 1. The monoisotopic (exact) mass is 386 g/mol. The van der Waals surface area contributed by atoms with Crippen molar-refractivity contribution in [3.63, 3.8) is 0 Å². The number of rotatable bonds is 7. The quantitative estimate of drug-likeness (QED) is 0.773. The minimum atomic E-state index is -0.289. The van der Waals surface area contributed by atoms with Crippen LogP contribution < -0.4 is 4.90 Å². The molecule has 1 aromatic carbocycles. The number of nitrogens with zero attached hydrogens (tertiary/aromatic N) is 2. The Bertz CT molecular complexity index is 641. The van der Waals surface area contributed by atoms with Crippen molar-refractivity contribution in [2.45, 2.75) is 58.7 Å². The number of piperazine rings is 1. The molecule has 2 bridgehead atoms. The SMILES string of the molecule is CC1(C)C2CCC1(C)C(OCCC(O)CN1CCN(c3ccccc3)CC1)C2. The Hall–Kier alpha value is -1.10. The first-order valence-electron chi connectivity index (χ1n) is 11.2. The number of hydrogen-bond acceptors (Lipinski definition) is 4. The summed E-state index contributed by atoms with van der Waals surface area (Å²) in [6, 6.07) is 10.6. The lowest BCUT2D eigenvalue weighted by atomic mass is 9.70. The molecule has 3 fully saturated rings. The molecule has 1 heterocycles. The highest BCUT2D eigenvalue weighted by atomic mass is 16.5. The highest BCUT2D eigenvalue weighted by molar-refractivity contribution is 5.46. The van der Waals surface area contributed by atoms with Gasteiger partial charge in [-0.1, -0.05) is 39.0 Å². The van der Waals surface area contributed by atoms with E-state index in [0.717, 1.165) is 45.1 Å². The van der Waals surface area contributed by atoms with Crippen molar-refractivity contribution in [3.8, 4) is 0 Å². The van der Waals surface area contributed by atoms with Crippen LogP contribution in [0.15, 0.2) is 30.3 Å². The standard InChI is InChI=1S/C24H38N2O2/c1-23(2)19-9-11-24(23,3)22(17-19)28-16-10-21(27)18-25-12-14-26(15-13-25)20-7-5-4-6-8-20/h4-8,19,21-22,27H,9-18H2,1-3H3. The number of benzene rings is 1. The van der Waals surface area contributed by atoms with E-state index >= 15 is 0 Å². The zero-order chi connectivity index (χ0) is 19.8. The second-order valence-electron chi connectivity index (χ2n) is 10.0. The van der Waals surface area contributed by atoms with Crippen LogP contribution in [0.2, 0.25) is 0 Å². The van der Waals surface area contributed by atoms with Gasteiger partial charge in [0, 0.05) is 45.0 Å². The molecule has 1 aromatic rings. The Morgan fingerprint density at radius 2 is 1.82 bits per heavy atom. The van der Waals surface area contributed by atoms with Gasteiger partial charge >= 0.3 is 0 Å². The molecule has 0 radical (unpaired) electrons. The van der Waals surface area contributed by atoms with E-state index in [0.29, 0.717) is 23.5 Å². The summed E-state index contributed by atoms with van der Waals surface area (Å²) in [4.78, 5) is 4.83. The van der Waals surface area contributed by atoms with E-state index in [1.54, 1.807) is 0 Å². The Labute approximate surface area is 170 Å². The first-order valence-corrected chi connectivity index (χ1v) is 11.2. The number of fused-ring (bicyclic) bond motifs is 2. The lowest BCUT2D eigenvalue weighted by molar-refractivity contribution is -0.0564. The summed E-state index contributed by atoms with van der Waals surface area (Å²) < 4.78 is 6.32. The van der Waals surface area contributed by atoms with Crippen LogP contribution in [0.25, 0.3) is 0 Å². The van der Waals surface area contributed by atoms with Gasteiger partial charge in [0.25, 0.3) is 0 Å². The molecule has 1 N–H and O–H groups in total. The van der Waals surface area contributed by atoms with Gasteiger partial charge in [0.1, 0.15) is 0 Å². The summed E-state index contributed by atoms with van der Waals surface area (Å²) in [6.45, 7) is 12.8. The molecule has 2 aliphatic carbocycles. The molecule has 4 unspecified atom stereocenters. The van der Waals surface area contributed by atoms with Crippen molar-refractivity contribution in [3.05, 3.63) is 30.3 Å². The average Bonchev–Trinajstić information content (AvgIpc) is 3.03. The predicted octanol–water partition coefficient (Wildman–Crippen LogP) is 3.79. The average molecular weight is 387 g/mol. The molecule has 1 aliphatic heterocycles. The van der Waals surface area contributed by atoms with Crippen LogP contribution in [0.3, 0.4) is 0 Å².